The highest BCUT2D eigenvalue weighted by Crippen LogP contribution is 2.13. The third kappa shape index (κ3) is 3.70. The smallest absolute Gasteiger partial charge is 0.274 e. The van der Waals surface area contributed by atoms with E-state index in [1.165, 1.54) is 23.0 Å². The second-order valence-corrected chi connectivity index (χ2v) is 5.64. The van der Waals surface area contributed by atoms with Crippen molar-refractivity contribution in [1.29, 1.82) is 0 Å². The molecule has 134 valence electrons. The zero-order valence-electron chi connectivity index (χ0n) is 14.2. The van der Waals surface area contributed by atoms with E-state index in [0.29, 0.717) is 35.2 Å². The van der Waals surface area contributed by atoms with E-state index in [1.54, 1.807) is 25.3 Å². The Balaban J connectivity index is 1.90. The highest BCUT2D eigenvalue weighted by atomic mass is 16.5. The van der Waals surface area contributed by atoms with E-state index in [0.717, 1.165) is 0 Å². The summed E-state index contributed by atoms with van der Waals surface area (Å²) in [7, 11) is 1.55. The second-order valence-electron chi connectivity index (χ2n) is 5.64. The van der Waals surface area contributed by atoms with Crippen molar-refractivity contribution in [3.63, 3.8) is 0 Å². The molecule has 0 fully saturated rings. The van der Waals surface area contributed by atoms with Crippen LogP contribution in [0.2, 0.25) is 0 Å². The van der Waals surface area contributed by atoms with Crippen LogP contribution in [0.3, 0.4) is 0 Å². The van der Waals surface area contributed by atoms with Crippen LogP contribution in [-0.2, 0) is 17.8 Å². The summed E-state index contributed by atoms with van der Waals surface area (Å²) in [6, 6.07) is 9.86. The van der Waals surface area contributed by atoms with Crippen LogP contribution in [0.4, 0.5) is 0 Å². The number of benzene rings is 1. The van der Waals surface area contributed by atoms with Crippen molar-refractivity contribution in [2.75, 3.05) is 13.7 Å². The zero-order chi connectivity index (χ0) is 18.5. The maximum atomic E-state index is 12.5. The quantitative estimate of drug-likeness (QED) is 0.676. The number of fused-ring (bicyclic) bond motifs is 1. The molecule has 0 saturated carbocycles. The Labute approximate surface area is 148 Å². The van der Waals surface area contributed by atoms with Crippen LogP contribution in [0.5, 0.6) is 0 Å². The van der Waals surface area contributed by atoms with Gasteiger partial charge in [-0.05, 0) is 12.1 Å². The van der Waals surface area contributed by atoms with Crippen LogP contribution in [0, 0.1) is 0 Å². The van der Waals surface area contributed by atoms with E-state index >= 15 is 0 Å². The lowest BCUT2D eigenvalue weighted by Gasteiger charge is -2.11. The third-order valence-electron chi connectivity index (χ3n) is 3.91. The summed E-state index contributed by atoms with van der Waals surface area (Å²) in [5.41, 5.74) is 0.434. The SMILES string of the molecule is COCCn1nc(CNC(=O)c2ccc(=O)[nH]c2)c2ccccc2c1=O. The maximum absolute atomic E-state index is 12.5. The van der Waals surface area contributed by atoms with Crippen LogP contribution in [0.1, 0.15) is 16.1 Å². The number of methoxy groups -OCH3 is 1. The van der Waals surface area contributed by atoms with Crippen molar-refractivity contribution >= 4 is 16.7 Å². The summed E-state index contributed by atoms with van der Waals surface area (Å²) in [5, 5.41) is 8.35. The van der Waals surface area contributed by atoms with Gasteiger partial charge in [0.15, 0.2) is 0 Å². The molecule has 0 aliphatic carbocycles. The molecule has 1 aromatic carbocycles. The minimum absolute atomic E-state index is 0.145. The number of carbonyl (C=O) groups excluding carboxylic acids is 1. The maximum Gasteiger partial charge on any atom is 0.274 e. The highest BCUT2D eigenvalue weighted by Gasteiger charge is 2.12. The normalized spacial score (nSPS) is 10.8. The number of nitrogens with zero attached hydrogens (tertiary/aromatic N) is 2. The van der Waals surface area contributed by atoms with Gasteiger partial charge in [0.05, 0.1) is 36.3 Å². The molecule has 2 N–H and O–H groups in total. The molecule has 8 heteroatoms. The summed E-state index contributed by atoms with van der Waals surface area (Å²) in [5.74, 6) is -0.346. The predicted molar refractivity (Wildman–Crippen MR) is 96.1 cm³/mol. The molecule has 0 radical (unpaired) electrons. The number of aromatic nitrogens is 3. The molecule has 0 atom stereocenters. The van der Waals surface area contributed by atoms with Gasteiger partial charge in [-0.2, -0.15) is 5.10 Å². The predicted octanol–water partition coefficient (Wildman–Crippen LogP) is 0.661. The highest BCUT2D eigenvalue weighted by molar-refractivity contribution is 5.94. The molecular weight excluding hydrogens is 336 g/mol. The first-order chi connectivity index (χ1) is 12.6. The number of ether oxygens (including phenoxy) is 1. The van der Waals surface area contributed by atoms with Gasteiger partial charge in [-0.3, -0.25) is 14.4 Å². The number of amides is 1. The Bertz CT molecular complexity index is 1030. The molecule has 26 heavy (non-hydrogen) atoms. The van der Waals surface area contributed by atoms with Gasteiger partial charge in [0.1, 0.15) is 0 Å². The lowest BCUT2D eigenvalue weighted by molar-refractivity contribution is 0.0950. The van der Waals surface area contributed by atoms with Crippen molar-refractivity contribution in [1.82, 2.24) is 20.1 Å². The van der Waals surface area contributed by atoms with Gasteiger partial charge in [-0.25, -0.2) is 4.68 Å². The number of nitrogens with one attached hydrogen (secondary N) is 2. The summed E-state index contributed by atoms with van der Waals surface area (Å²) < 4.78 is 6.36. The van der Waals surface area contributed by atoms with E-state index in [-0.39, 0.29) is 23.6 Å². The third-order valence-corrected chi connectivity index (χ3v) is 3.91. The Morgan fingerprint density at radius 3 is 2.65 bits per heavy atom. The van der Waals surface area contributed by atoms with E-state index in [9.17, 15) is 14.4 Å². The first-order valence-corrected chi connectivity index (χ1v) is 8.05. The van der Waals surface area contributed by atoms with Gasteiger partial charge in [0.25, 0.3) is 11.5 Å². The number of rotatable bonds is 6. The van der Waals surface area contributed by atoms with Crippen LogP contribution in [0.25, 0.3) is 10.8 Å². The molecule has 0 aliphatic heterocycles. The number of H-pyrrole nitrogens is 1. The summed E-state index contributed by atoms with van der Waals surface area (Å²) >= 11 is 0. The van der Waals surface area contributed by atoms with Gasteiger partial charge in [-0.1, -0.05) is 18.2 Å². The molecule has 3 aromatic rings. The van der Waals surface area contributed by atoms with Gasteiger partial charge < -0.3 is 15.0 Å². The lowest BCUT2D eigenvalue weighted by Crippen LogP contribution is -2.29. The van der Waals surface area contributed by atoms with Crippen LogP contribution < -0.4 is 16.4 Å². The standard InChI is InChI=1S/C18H18N4O4/c1-26-9-8-22-18(25)14-5-3-2-4-13(14)15(21-22)11-20-17(24)12-6-7-16(23)19-10-12/h2-7,10H,8-9,11H2,1H3,(H,19,23)(H,20,24). The minimum Gasteiger partial charge on any atom is -0.383 e. The molecule has 0 saturated heterocycles. The average Bonchev–Trinajstić information content (AvgIpc) is 2.67. The van der Waals surface area contributed by atoms with E-state index in [1.807, 2.05) is 6.07 Å². The molecule has 2 aromatic heterocycles. The molecular formula is C18H18N4O4. The fraction of sp³-hybridized carbons (Fsp3) is 0.222. The van der Waals surface area contributed by atoms with Gasteiger partial charge in [0, 0.05) is 24.8 Å². The molecule has 2 heterocycles. The van der Waals surface area contributed by atoms with Crippen LogP contribution in [-0.4, -0.2) is 34.4 Å². The van der Waals surface area contributed by atoms with Gasteiger partial charge in [0.2, 0.25) is 5.56 Å². The summed E-state index contributed by atoms with van der Waals surface area (Å²) in [4.78, 5) is 38.3. The number of hydrogen-bond donors (Lipinski definition) is 2. The molecule has 0 bridgehead atoms. The van der Waals surface area contributed by atoms with Crippen molar-refractivity contribution in [2.45, 2.75) is 13.1 Å². The molecule has 8 nitrogen and oxygen atoms in total. The van der Waals surface area contributed by atoms with Gasteiger partial charge in [-0.15, -0.1) is 0 Å². The van der Waals surface area contributed by atoms with Crippen LogP contribution in [0.15, 0.2) is 52.2 Å². The average molecular weight is 354 g/mol. The molecule has 0 spiro atoms. The van der Waals surface area contributed by atoms with Crippen molar-refractivity contribution in [2.24, 2.45) is 0 Å². The summed E-state index contributed by atoms with van der Waals surface area (Å²) in [6.45, 7) is 0.821. The van der Waals surface area contributed by atoms with Crippen LogP contribution >= 0.6 is 0 Å². The lowest BCUT2D eigenvalue weighted by atomic mass is 10.1. The van der Waals surface area contributed by atoms with Crippen molar-refractivity contribution in [3.05, 3.63) is 74.6 Å². The molecule has 1 amide bonds. The molecule has 3 rings (SSSR count). The zero-order valence-corrected chi connectivity index (χ0v) is 14.2. The molecule has 0 unspecified atom stereocenters. The Morgan fingerprint density at radius 2 is 1.96 bits per heavy atom. The Hall–Kier alpha value is -3.26. The van der Waals surface area contributed by atoms with Crippen molar-refractivity contribution in [3.8, 4) is 0 Å². The molecule has 0 aliphatic rings. The minimum atomic E-state index is -0.346. The van der Waals surface area contributed by atoms with E-state index in [4.69, 9.17) is 4.74 Å². The Kier molecular flexibility index (Phi) is 5.23. The first kappa shape index (κ1) is 17.6. The Morgan fingerprint density at radius 1 is 1.19 bits per heavy atom. The van der Waals surface area contributed by atoms with Crippen molar-refractivity contribution < 1.29 is 9.53 Å². The number of carbonyl (C=O) groups is 1. The van der Waals surface area contributed by atoms with E-state index < -0.39 is 0 Å². The largest absolute Gasteiger partial charge is 0.383 e. The second kappa shape index (κ2) is 7.75. The number of aromatic amines is 1. The summed E-state index contributed by atoms with van der Waals surface area (Å²) in [6.07, 6.45) is 1.35. The topological polar surface area (TPSA) is 106 Å². The fourth-order valence-corrected chi connectivity index (χ4v) is 2.58. The number of hydrogen-bond acceptors (Lipinski definition) is 5. The van der Waals surface area contributed by atoms with Gasteiger partial charge >= 0.3 is 0 Å². The monoisotopic (exact) mass is 354 g/mol. The van der Waals surface area contributed by atoms with E-state index in [2.05, 4.69) is 15.4 Å². The number of pyridine rings is 1. The fourth-order valence-electron chi connectivity index (χ4n) is 2.58. The first-order valence-electron chi connectivity index (χ1n) is 8.05.